The van der Waals surface area contributed by atoms with Gasteiger partial charge in [0.25, 0.3) is 0 Å². The SMILES string of the molecule is Cl.NC(=N/N=C\c1ccc(Cl)cc1)N/N=C\c1ccc(Cl)cc1. The van der Waals surface area contributed by atoms with Crippen LogP contribution in [0.4, 0.5) is 0 Å². The van der Waals surface area contributed by atoms with Crippen LogP contribution < -0.4 is 11.2 Å². The van der Waals surface area contributed by atoms with E-state index in [-0.39, 0.29) is 18.4 Å². The number of nitrogens with zero attached hydrogens (tertiary/aromatic N) is 3. The molecule has 0 unspecified atom stereocenters. The van der Waals surface area contributed by atoms with E-state index < -0.39 is 0 Å². The fraction of sp³-hybridized carbons (Fsp3) is 0. The van der Waals surface area contributed by atoms with Gasteiger partial charge in [0.1, 0.15) is 0 Å². The number of hydrazone groups is 1. The molecule has 120 valence electrons. The third-order valence-electron chi connectivity index (χ3n) is 2.51. The normalized spacial score (nSPS) is 11.7. The molecule has 2 rings (SSSR count). The molecule has 5 nitrogen and oxygen atoms in total. The highest BCUT2D eigenvalue weighted by Gasteiger charge is 1.90. The lowest BCUT2D eigenvalue weighted by atomic mass is 10.2. The first-order valence-electron chi connectivity index (χ1n) is 6.30. The molecule has 23 heavy (non-hydrogen) atoms. The molecule has 0 aliphatic carbocycles. The van der Waals surface area contributed by atoms with E-state index in [0.717, 1.165) is 11.1 Å². The maximum atomic E-state index is 5.79. The van der Waals surface area contributed by atoms with Crippen LogP contribution in [0.1, 0.15) is 11.1 Å². The smallest absolute Gasteiger partial charge is 0.234 e. The molecule has 0 fully saturated rings. The van der Waals surface area contributed by atoms with Gasteiger partial charge >= 0.3 is 0 Å². The third-order valence-corrected chi connectivity index (χ3v) is 3.01. The summed E-state index contributed by atoms with van der Waals surface area (Å²) in [7, 11) is 0. The summed E-state index contributed by atoms with van der Waals surface area (Å²) in [6.45, 7) is 0. The molecule has 0 saturated carbocycles. The van der Waals surface area contributed by atoms with Gasteiger partial charge in [0.15, 0.2) is 0 Å². The van der Waals surface area contributed by atoms with Crippen molar-refractivity contribution in [1.29, 1.82) is 0 Å². The average Bonchev–Trinajstić information content (AvgIpc) is 2.51. The minimum Gasteiger partial charge on any atom is -0.367 e. The van der Waals surface area contributed by atoms with E-state index in [2.05, 4.69) is 20.7 Å². The lowest BCUT2D eigenvalue weighted by Crippen LogP contribution is -2.26. The third kappa shape index (κ3) is 7.15. The molecule has 0 spiro atoms. The average molecular weight is 371 g/mol. The van der Waals surface area contributed by atoms with Gasteiger partial charge in [-0.05, 0) is 35.4 Å². The summed E-state index contributed by atoms with van der Waals surface area (Å²) in [4.78, 5) is 0. The molecule has 8 heteroatoms. The van der Waals surface area contributed by atoms with Crippen molar-refractivity contribution in [3.8, 4) is 0 Å². The number of nitrogens with two attached hydrogens (primary N) is 1. The van der Waals surface area contributed by atoms with Gasteiger partial charge in [0, 0.05) is 10.0 Å². The lowest BCUT2D eigenvalue weighted by molar-refractivity contribution is 0.994. The summed E-state index contributed by atoms with van der Waals surface area (Å²) in [5.74, 6) is 0.0791. The van der Waals surface area contributed by atoms with Crippen LogP contribution in [-0.4, -0.2) is 18.4 Å². The minimum atomic E-state index is 0. The van der Waals surface area contributed by atoms with Crippen molar-refractivity contribution in [2.75, 3.05) is 0 Å². The Bertz CT molecular complexity index is 694. The largest absolute Gasteiger partial charge is 0.367 e. The molecule has 0 bridgehead atoms. The Labute approximate surface area is 150 Å². The van der Waals surface area contributed by atoms with Gasteiger partial charge in [-0.3, -0.25) is 0 Å². The van der Waals surface area contributed by atoms with Crippen LogP contribution in [0.5, 0.6) is 0 Å². The highest BCUT2D eigenvalue weighted by molar-refractivity contribution is 6.30. The quantitative estimate of drug-likeness (QED) is 0.489. The first kappa shape index (κ1) is 19.0. The Morgan fingerprint density at radius 1 is 0.870 bits per heavy atom. The maximum Gasteiger partial charge on any atom is 0.234 e. The predicted octanol–water partition coefficient (Wildman–Crippen LogP) is 3.69. The fourth-order valence-corrected chi connectivity index (χ4v) is 1.70. The summed E-state index contributed by atoms with van der Waals surface area (Å²) < 4.78 is 0. The summed E-state index contributed by atoms with van der Waals surface area (Å²) in [6, 6.07) is 14.4. The summed E-state index contributed by atoms with van der Waals surface area (Å²) >= 11 is 11.6. The van der Waals surface area contributed by atoms with Gasteiger partial charge < -0.3 is 5.73 Å². The molecule has 0 amide bonds. The van der Waals surface area contributed by atoms with Gasteiger partial charge in [0.2, 0.25) is 5.96 Å². The van der Waals surface area contributed by atoms with Crippen molar-refractivity contribution < 1.29 is 0 Å². The Hall–Kier alpha value is -2.08. The van der Waals surface area contributed by atoms with Crippen molar-refractivity contribution in [2.45, 2.75) is 0 Å². The molecule has 2 aromatic carbocycles. The number of hydrogen-bond donors (Lipinski definition) is 2. The Balaban J connectivity index is 0.00000264. The second kappa shape index (κ2) is 9.84. The Kier molecular flexibility index (Phi) is 8.11. The molecule has 0 heterocycles. The Morgan fingerprint density at radius 3 is 1.87 bits per heavy atom. The fourth-order valence-electron chi connectivity index (χ4n) is 1.45. The molecule has 0 aromatic heterocycles. The summed E-state index contributed by atoms with van der Waals surface area (Å²) in [5.41, 5.74) is 9.94. The summed E-state index contributed by atoms with van der Waals surface area (Å²) in [5, 5.41) is 12.9. The van der Waals surface area contributed by atoms with Crippen molar-refractivity contribution in [2.24, 2.45) is 21.0 Å². The van der Waals surface area contributed by atoms with Crippen molar-refractivity contribution in [1.82, 2.24) is 5.43 Å². The van der Waals surface area contributed by atoms with Crippen LogP contribution >= 0.6 is 35.6 Å². The molecule has 2 aromatic rings. The van der Waals surface area contributed by atoms with Crippen molar-refractivity contribution >= 4 is 54.0 Å². The molecule has 0 atom stereocenters. The standard InChI is InChI=1S/C15H13Cl2N5.ClH/c16-13-5-1-11(2-6-13)9-19-21-15(18)22-20-10-12-3-7-14(17)8-4-12;/h1-10H,(H3,18,21,22);1H/b19-9-,20-10-;. The van der Waals surface area contributed by atoms with E-state index in [0.29, 0.717) is 10.0 Å². The minimum absolute atomic E-state index is 0. The molecule has 0 aliphatic rings. The molecular weight excluding hydrogens is 357 g/mol. The van der Waals surface area contributed by atoms with E-state index in [1.54, 1.807) is 36.7 Å². The van der Waals surface area contributed by atoms with Crippen LogP contribution in [0.15, 0.2) is 63.8 Å². The zero-order valence-corrected chi connectivity index (χ0v) is 14.2. The zero-order valence-electron chi connectivity index (χ0n) is 11.9. The van der Waals surface area contributed by atoms with Crippen LogP contribution in [0.2, 0.25) is 10.0 Å². The number of hydrogen-bond acceptors (Lipinski definition) is 3. The van der Waals surface area contributed by atoms with E-state index in [1.807, 2.05) is 24.3 Å². The van der Waals surface area contributed by atoms with E-state index >= 15 is 0 Å². The van der Waals surface area contributed by atoms with Crippen molar-refractivity contribution in [3.05, 3.63) is 69.7 Å². The second-order valence-corrected chi connectivity index (χ2v) is 5.08. The number of halogens is 3. The molecule has 0 radical (unpaired) electrons. The number of rotatable bonds is 4. The summed E-state index contributed by atoms with van der Waals surface area (Å²) in [6.07, 6.45) is 3.16. The first-order valence-corrected chi connectivity index (χ1v) is 7.06. The van der Waals surface area contributed by atoms with Gasteiger partial charge in [-0.25, -0.2) is 5.43 Å². The van der Waals surface area contributed by atoms with Gasteiger partial charge in [-0.15, -0.1) is 17.5 Å². The number of benzene rings is 2. The van der Waals surface area contributed by atoms with Crippen LogP contribution in [0, 0.1) is 0 Å². The molecule has 0 saturated heterocycles. The number of guanidine groups is 1. The van der Waals surface area contributed by atoms with E-state index in [1.165, 1.54) is 0 Å². The molecule has 0 aliphatic heterocycles. The van der Waals surface area contributed by atoms with Crippen molar-refractivity contribution in [3.63, 3.8) is 0 Å². The van der Waals surface area contributed by atoms with E-state index in [9.17, 15) is 0 Å². The lowest BCUT2D eigenvalue weighted by Gasteiger charge is -1.96. The van der Waals surface area contributed by atoms with E-state index in [4.69, 9.17) is 28.9 Å². The van der Waals surface area contributed by atoms with Crippen LogP contribution in [0.25, 0.3) is 0 Å². The monoisotopic (exact) mass is 369 g/mol. The highest BCUT2D eigenvalue weighted by Crippen LogP contribution is 2.08. The Morgan fingerprint density at radius 2 is 1.35 bits per heavy atom. The predicted molar refractivity (Wildman–Crippen MR) is 100 cm³/mol. The first-order chi connectivity index (χ1) is 10.6. The maximum absolute atomic E-state index is 5.79. The van der Waals surface area contributed by atoms with Crippen LogP contribution in [0.3, 0.4) is 0 Å². The van der Waals surface area contributed by atoms with Gasteiger partial charge in [-0.2, -0.15) is 10.2 Å². The van der Waals surface area contributed by atoms with Gasteiger partial charge in [-0.1, -0.05) is 47.5 Å². The molecular formula is C15H14Cl3N5. The topological polar surface area (TPSA) is 75.1 Å². The second-order valence-electron chi connectivity index (χ2n) is 4.20. The van der Waals surface area contributed by atoms with Gasteiger partial charge in [0.05, 0.1) is 12.4 Å². The number of nitrogens with one attached hydrogen (secondary N) is 1. The molecule has 3 N–H and O–H groups in total. The van der Waals surface area contributed by atoms with Crippen LogP contribution in [-0.2, 0) is 0 Å². The zero-order chi connectivity index (χ0) is 15.8. The highest BCUT2D eigenvalue weighted by atomic mass is 35.5.